The fraction of sp³-hybridized carbons (Fsp3) is 0.235. The van der Waals surface area contributed by atoms with Crippen LogP contribution in [-0.4, -0.2) is 18.2 Å². The fourth-order valence-electron chi connectivity index (χ4n) is 2.21. The van der Waals surface area contributed by atoms with Crippen molar-refractivity contribution in [2.45, 2.75) is 19.3 Å². The Labute approximate surface area is 118 Å². The SMILES string of the molecule is COc1ccc(-c2ccccc2)cc1CCCC(=O)O. The fourth-order valence-corrected chi connectivity index (χ4v) is 2.21. The smallest absolute Gasteiger partial charge is 0.303 e. The first-order chi connectivity index (χ1) is 9.70. The van der Waals surface area contributed by atoms with Crippen molar-refractivity contribution in [3.63, 3.8) is 0 Å². The van der Waals surface area contributed by atoms with Gasteiger partial charge in [-0.25, -0.2) is 0 Å². The maximum atomic E-state index is 10.6. The molecule has 2 aromatic rings. The standard InChI is InChI=1S/C17H18O3/c1-20-16-11-10-14(13-6-3-2-4-7-13)12-15(16)8-5-9-17(18)19/h2-4,6-7,10-12H,5,8-9H2,1H3,(H,18,19). The number of hydrogen-bond acceptors (Lipinski definition) is 2. The molecule has 3 heteroatoms. The van der Waals surface area contributed by atoms with Crippen LogP contribution in [-0.2, 0) is 11.2 Å². The minimum absolute atomic E-state index is 0.179. The van der Waals surface area contributed by atoms with Crippen molar-refractivity contribution in [1.82, 2.24) is 0 Å². The highest BCUT2D eigenvalue weighted by Gasteiger charge is 2.07. The van der Waals surface area contributed by atoms with E-state index in [1.165, 1.54) is 0 Å². The Morgan fingerprint density at radius 3 is 2.50 bits per heavy atom. The molecule has 1 N–H and O–H groups in total. The Kier molecular flexibility index (Phi) is 4.77. The minimum Gasteiger partial charge on any atom is -0.496 e. The average molecular weight is 270 g/mol. The van der Waals surface area contributed by atoms with E-state index in [9.17, 15) is 4.79 Å². The van der Waals surface area contributed by atoms with Gasteiger partial charge in [-0.15, -0.1) is 0 Å². The van der Waals surface area contributed by atoms with Gasteiger partial charge in [0.2, 0.25) is 0 Å². The van der Waals surface area contributed by atoms with Gasteiger partial charge in [-0.05, 0) is 41.7 Å². The second-order valence-electron chi connectivity index (χ2n) is 4.64. The lowest BCUT2D eigenvalue weighted by Gasteiger charge is -2.10. The van der Waals surface area contributed by atoms with Crippen molar-refractivity contribution in [1.29, 1.82) is 0 Å². The van der Waals surface area contributed by atoms with Crippen LogP contribution in [0.1, 0.15) is 18.4 Å². The van der Waals surface area contributed by atoms with E-state index < -0.39 is 5.97 Å². The van der Waals surface area contributed by atoms with Gasteiger partial charge in [0.1, 0.15) is 5.75 Å². The molecule has 0 radical (unpaired) electrons. The molecule has 0 fully saturated rings. The number of aliphatic carboxylic acids is 1. The molecular weight excluding hydrogens is 252 g/mol. The number of aryl methyl sites for hydroxylation is 1. The first-order valence-electron chi connectivity index (χ1n) is 6.65. The molecule has 0 unspecified atom stereocenters. The molecule has 0 aliphatic carbocycles. The van der Waals surface area contributed by atoms with Crippen molar-refractivity contribution < 1.29 is 14.6 Å². The van der Waals surface area contributed by atoms with E-state index in [0.717, 1.165) is 22.4 Å². The number of rotatable bonds is 6. The molecule has 0 saturated heterocycles. The predicted molar refractivity (Wildman–Crippen MR) is 79.0 cm³/mol. The summed E-state index contributed by atoms with van der Waals surface area (Å²) in [6.07, 6.45) is 1.50. The lowest BCUT2D eigenvalue weighted by Crippen LogP contribution is -1.98. The van der Waals surface area contributed by atoms with Crippen LogP contribution in [0.15, 0.2) is 48.5 Å². The summed E-state index contributed by atoms with van der Waals surface area (Å²) in [5.74, 6) is 0.0539. The van der Waals surface area contributed by atoms with E-state index in [4.69, 9.17) is 9.84 Å². The summed E-state index contributed by atoms with van der Waals surface area (Å²) >= 11 is 0. The van der Waals surface area contributed by atoms with Gasteiger partial charge in [0, 0.05) is 6.42 Å². The lowest BCUT2D eigenvalue weighted by molar-refractivity contribution is -0.137. The molecule has 20 heavy (non-hydrogen) atoms. The van der Waals surface area contributed by atoms with Crippen LogP contribution in [0.2, 0.25) is 0 Å². The normalized spacial score (nSPS) is 10.2. The predicted octanol–water partition coefficient (Wildman–Crippen LogP) is 3.77. The lowest BCUT2D eigenvalue weighted by atomic mass is 9.99. The second kappa shape index (κ2) is 6.75. The van der Waals surface area contributed by atoms with E-state index in [-0.39, 0.29) is 6.42 Å². The van der Waals surface area contributed by atoms with E-state index in [2.05, 4.69) is 18.2 Å². The monoisotopic (exact) mass is 270 g/mol. The molecule has 0 heterocycles. The highest BCUT2D eigenvalue weighted by atomic mass is 16.5. The largest absolute Gasteiger partial charge is 0.496 e. The van der Waals surface area contributed by atoms with Crippen LogP contribution in [0.5, 0.6) is 5.75 Å². The molecule has 0 aliphatic rings. The summed E-state index contributed by atoms with van der Waals surface area (Å²) in [6.45, 7) is 0. The molecule has 0 bridgehead atoms. The zero-order valence-corrected chi connectivity index (χ0v) is 11.5. The molecule has 3 nitrogen and oxygen atoms in total. The Morgan fingerprint density at radius 1 is 1.10 bits per heavy atom. The van der Waals surface area contributed by atoms with Gasteiger partial charge < -0.3 is 9.84 Å². The van der Waals surface area contributed by atoms with E-state index in [0.29, 0.717) is 12.8 Å². The number of ether oxygens (including phenoxy) is 1. The summed E-state index contributed by atoms with van der Waals surface area (Å²) in [5, 5.41) is 8.72. The van der Waals surface area contributed by atoms with Crippen LogP contribution in [0.4, 0.5) is 0 Å². The van der Waals surface area contributed by atoms with Gasteiger partial charge in [0.05, 0.1) is 7.11 Å². The highest BCUT2D eigenvalue weighted by Crippen LogP contribution is 2.27. The maximum Gasteiger partial charge on any atom is 0.303 e. The number of carboxylic acids is 1. The first kappa shape index (κ1) is 14.1. The molecule has 0 aliphatic heterocycles. The summed E-state index contributed by atoms with van der Waals surface area (Å²) < 4.78 is 5.35. The van der Waals surface area contributed by atoms with Crippen molar-refractivity contribution in [3.05, 3.63) is 54.1 Å². The number of methoxy groups -OCH3 is 1. The molecular formula is C17H18O3. The van der Waals surface area contributed by atoms with Gasteiger partial charge in [-0.3, -0.25) is 4.79 Å². The van der Waals surface area contributed by atoms with Crippen LogP contribution in [0, 0.1) is 0 Å². The highest BCUT2D eigenvalue weighted by molar-refractivity contribution is 5.67. The molecule has 0 atom stereocenters. The van der Waals surface area contributed by atoms with Gasteiger partial charge in [0.25, 0.3) is 0 Å². The number of benzene rings is 2. The van der Waals surface area contributed by atoms with Crippen LogP contribution >= 0.6 is 0 Å². The first-order valence-corrected chi connectivity index (χ1v) is 6.65. The van der Waals surface area contributed by atoms with Gasteiger partial charge in [-0.1, -0.05) is 36.4 Å². The Morgan fingerprint density at radius 2 is 1.85 bits per heavy atom. The zero-order valence-electron chi connectivity index (χ0n) is 11.5. The van der Waals surface area contributed by atoms with E-state index in [1.807, 2.05) is 30.3 Å². The molecule has 2 aromatic carbocycles. The van der Waals surface area contributed by atoms with E-state index in [1.54, 1.807) is 7.11 Å². The molecule has 0 spiro atoms. The Balaban J connectivity index is 2.22. The van der Waals surface area contributed by atoms with Gasteiger partial charge in [0.15, 0.2) is 0 Å². The average Bonchev–Trinajstić information content (AvgIpc) is 2.47. The quantitative estimate of drug-likeness (QED) is 0.869. The van der Waals surface area contributed by atoms with Crippen LogP contribution in [0.3, 0.4) is 0 Å². The number of carboxylic acid groups (broad SMARTS) is 1. The molecule has 0 aromatic heterocycles. The van der Waals surface area contributed by atoms with Crippen molar-refractivity contribution in [2.24, 2.45) is 0 Å². The van der Waals surface area contributed by atoms with Crippen molar-refractivity contribution in [3.8, 4) is 16.9 Å². The van der Waals surface area contributed by atoms with Gasteiger partial charge in [-0.2, -0.15) is 0 Å². The van der Waals surface area contributed by atoms with Crippen molar-refractivity contribution in [2.75, 3.05) is 7.11 Å². The van der Waals surface area contributed by atoms with Crippen LogP contribution in [0.25, 0.3) is 11.1 Å². The van der Waals surface area contributed by atoms with E-state index >= 15 is 0 Å². The third-order valence-electron chi connectivity index (χ3n) is 3.22. The molecule has 104 valence electrons. The zero-order chi connectivity index (χ0) is 14.4. The number of carbonyl (C=O) groups is 1. The van der Waals surface area contributed by atoms with Crippen molar-refractivity contribution >= 4 is 5.97 Å². The maximum absolute atomic E-state index is 10.6. The molecule has 2 rings (SSSR count). The van der Waals surface area contributed by atoms with Gasteiger partial charge >= 0.3 is 5.97 Å². The van der Waals surface area contributed by atoms with Crippen LogP contribution < -0.4 is 4.74 Å². The summed E-state index contributed by atoms with van der Waals surface area (Å²) in [7, 11) is 1.64. The topological polar surface area (TPSA) is 46.5 Å². The third-order valence-corrected chi connectivity index (χ3v) is 3.22. The summed E-state index contributed by atoms with van der Waals surface area (Å²) in [4.78, 5) is 10.6. The molecule has 0 saturated carbocycles. The molecule has 0 amide bonds. The Hall–Kier alpha value is -2.29. The summed E-state index contributed by atoms with van der Waals surface area (Å²) in [6, 6.07) is 16.2. The third kappa shape index (κ3) is 3.60. The number of hydrogen-bond donors (Lipinski definition) is 1. The second-order valence-corrected chi connectivity index (χ2v) is 4.64. The minimum atomic E-state index is -0.761. The Bertz CT molecular complexity index is 576. The summed E-state index contributed by atoms with van der Waals surface area (Å²) in [5.41, 5.74) is 3.32.